The highest BCUT2D eigenvalue weighted by atomic mass is 127. The van der Waals surface area contributed by atoms with Gasteiger partial charge in [-0.1, -0.05) is 28.1 Å². The number of benzene rings is 1. The molecule has 0 saturated heterocycles. The number of nitrogens with zero attached hydrogens (tertiary/aromatic N) is 1. The van der Waals surface area contributed by atoms with Crippen LogP contribution in [0.15, 0.2) is 56.5 Å². The van der Waals surface area contributed by atoms with Gasteiger partial charge in [-0.05, 0) is 36.2 Å². The van der Waals surface area contributed by atoms with E-state index < -0.39 is 0 Å². The van der Waals surface area contributed by atoms with E-state index in [0.29, 0.717) is 6.54 Å². The zero-order chi connectivity index (χ0) is 17.0. The Kier molecular flexibility index (Phi) is 11.6. The van der Waals surface area contributed by atoms with Crippen molar-refractivity contribution in [2.75, 3.05) is 26.8 Å². The molecule has 25 heavy (non-hydrogen) atoms. The quantitative estimate of drug-likeness (QED) is 0.227. The van der Waals surface area contributed by atoms with Gasteiger partial charge in [0.05, 0.1) is 12.8 Å². The SMILES string of the molecule is COCCCNC(=NCc1ccc(Br)cc1)NCCc1ccco1.I. The molecule has 7 heteroatoms. The van der Waals surface area contributed by atoms with Crippen LogP contribution in [-0.2, 0) is 17.7 Å². The molecular formula is C18H25BrIN3O2. The Balaban J connectivity index is 0.00000312. The number of halogens is 2. The highest BCUT2D eigenvalue weighted by Gasteiger charge is 2.01. The molecule has 0 unspecified atom stereocenters. The largest absolute Gasteiger partial charge is 0.469 e. The molecule has 0 aliphatic rings. The van der Waals surface area contributed by atoms with Crippen molar-refractivity contribution < 1.29 is 9.15 Å². The van der Waals surface area contributed by atoms with E-state index in [1.807, 2.05) is 24.3 Å². The lowest BCUT2D eigenvalue weighted by atomic mass is 10.2. The van der Waals surface area contributed by atoms with Crippen molar-refractivity contribution in [1.82, 2.24) is 10.6 Å². The van der Waals surface area contributed by atoms with Crippen molar-refractivity contribution in [3.05, 3.63) is 58.5 Å². The lowest BCUT2D eigenvalue weighted by Crippen LogP contribution is -2.39. The molecule has 2 N–H and O–H groups in total. The van der Waals surface area contributed by atoms with Crippen molar-refractivity contribution in [1.29, 1.82) is 0 Å². The first kappa shape index (κ1) is 22.0. The lowest BCUT2D eigenvalue weighted by molar-refractivity contribution is 0.195. The van der Waals surface area contributed by atoms with E-state index in [-0.39, 0.29) is 24.0 Å². The van der Waals surface area contributed by atoms with Gasteiger partial charge in [-0.25, -0.2) is 4.99 Å². The van der Waals surface area contributed by atoms with E-state index in [2.05, 4.69) is 43.7 Å². The van der Waals surface area contributed by atoms with E-state index in [4.69, 9.17) is 9.15 Å². The van der Waals surface area contributed by atoms with Crippen LogP contribution in [0.5, 0.6) is 0 Å². The summed E-state index contributed by atoms with van der Waals surface area (Å²) in [6.07, 6.45) is 3.46. The summed E-state index contributed by atoms with van der Waals surface area (Å²) < 4.78 is 11.5. The molecule has 0 fully saturated rings. The molecule has 0 amide bonds. The first-order chi connectivity index (χ1) is 11.8. The minimum atomic E-state index is 0. The molecule has 0 atom stereocenters. The molecule has 2 aromatic rings. The van der Waals surface area contributed by atoms with Crippen LogP contribution in [0.4, 0.5) is 0 Å². The van der Waals surface area contributed by atoms with Gasteiger partial charge in [0.25, 0.3) is 0 Å². The fraction of sp³-hybridized carbons (Fsp3) is 0.389. The predicted molar refractivity (Wildman–Crippen MR) is 116 cm³/mol. The van der Waals surface area contributed by atoms with Crippen molar-refractivity contribution in [2.24, 2.45) is 4.99 Å². The van der Waals surface area contributed by atoms with Crippen molar-refractivity contribution >= 4 is 45.9 Å². The molecule has 0 radical (unpaired) electrons. The number of furan rings is 1. The summed E-state index contributed by atoms with van der Waals surface area (Å²) >= 11 is 3.45. The van der Waals surface area contributed by atoms with Gasteiger partial charge in [0.2, 0.25) is 0 Å². The first-order valence-electron chi connectivity index (χ1n) is 8.06. The molecule has 1 aromatic carbocycles. The van der Waals surface area contributed by atoms with E-state index in [9.17, 15) is 0 Å². The maximum atomic E-state index is 5.35. The Hall–Kier alpha value is -1.06. The van der Waals surface area contributed by atoms with Crippen LogP contribution in [-0.4, -0.2) is 32.8 Å². The second-order valence-electron chi connectivity index (χ2n) is 5.32. The topological polar surface area (TPSA) is 58.8 Å². The number of aliphatic imine (C=N–C) groups is 1. The molecule has 0 saturated carbocycles. The van der Waals surface area contributed by atoms with Crippen LogP contribution in [0.2, 0.25) is 0 Å². The molecule has 1 heterocycles. The molecule has 0 aliphatic heterocycles. The Bertz CT molecular complexity index is 603. The number of ether oxygens (including phenoxy) is 1. The number of guanidine groups is 1. The summed E-state index contributed by atoms with van der Waals surface area (Å²) in [5.74, 6) is 1.77. The van der Waals surface area contributed by atoms with E-state index in [1.165, 1.54) is 5.56 Å². The van der Waals surface area contributed by atoms with Crippen LogP contribution >= 0.6 is 39.9 Å². The number of hydrogen-bond donors (Lipinski definition) is 2. The minimum absolute atomic E-state index is 0. The van der Waals surface area contributed by atoms with Crippen LogP contribution in [0.1, 0.15) is 17.7 Å². The summed E-state index contributed by atoms with van der Waals surface area (Å²) in [5.41, 5.74) is 1.17. The van der Waals surface area contributed by atoms with Gasteiger partial charge in [-0.3, -0.25) is 0 Å². The monoisotopic (exact) mass is 521 g/mol. The predicted octanol–water partition coefficient (Wildman–Crippen LogP) is 3.97. The van der Waals surface area contributed by atoms with E-state index >= 15 is 0 Å². The molecule has 0 aliphatic carbocycles. The molecule has 0 bridgehead atoms. The zero-order valence-corrected chi connectivity index (χ0v) is 18.3. The summed E-state index contributed by atoms with van der Waals surface area (Å²) in [6.45, 7) is 2.96. The fourth-order valence-corrected chi connectivity index (χ4v) is 2.38. The van der Waals surface area contributed by atoms with Gasteiger partial charge < -0.3 is 19.8 Å². The Morgan fingerprint density at radius 3 is 2.60 bits per heavy atom. The zero-order valence-electron chi connectivity index (χ0n) is 14.3. The van der Waals surface area contributed by atoms with Crippen molar-refractivity contribution in [3.8, 4) is 0 Å². The Labute approximate surface area is 174 Å². The second-order valence-corrected chi connectivity index (χ2v) is 6.24. The van der Waals surface area contributed by atoms with E-state index in [0.717, 1.165) is 48.7 Å². The maximum absolute atomic E-state index is 5.35. The third-order valence-electron chi connectivity index (χ3n) is 3.39. The number of nitrogens with one attached hydrogen (secondary N) is 2. The third kappa shape index (κ3) is 9.27. The Morgan fingerprint density at radius 2 is 1.92 bits per heavy atom. The van der Waals surface area contributed by atoms with Crippen LogP contribution in [0.3, 0.4) is 0 Å². The van der Waals surface area contributed by atoms with Crippen molar-refractivity contribution in [3.63, 3.8) is 0 Å². The maximum Gasteiger partial charge on any atom is 0.191 e. The minimum Gasteiger partial charge on any atom is -0.469 e. The third-order valence-corrected chi connectivity index (χ3v) is 3.92. The molecule has 2 rings (SSSR count). The summed E-state index contributed by atoms with van der Waals surface area (Å²) in [5, 5.41) is 6.68. The molecule has 1 aromatic heterocycles. The average molecular weight is 522 g/mol. The standard InChI is InChI=1S/C18H24BrN3O2.HI/c1-23-12-3-10-20-18(21-11-9-17-4-2-13-24-17)22-14-15-5-7-16(19)8-6-15;/h2,4-8,13H,3,9-12,14H2,1H3,(H2,20,21,22);1H. The lowest BCUT2D eigenvalue weighted by Gasteiger charge is -2.12. The first-order valence-corrected chi connectivity index (χ1v) is 8.85. The van der Waals surface area contributed by atoms with Crippen molar-refractivity contribution in [2.45, 2.75) is 19.4 Å². The summed E-state index contributed by atoms with van der Waals surface area (Å²) in [7, 11) is 1.71. The number of hydrogen-bond acceptors (Lipinski definition) is 3. The molecule has 5 nitrogen and oxygen atoms in total. The van der Waals surface area contributed by atoms with Crippen LogP contribution in [0.25, 0.3) is 0 Å². The smallest absolute Gasteiger partial charge is 0.191 e. The highest BCUT2D eigenvalue weighted by molar-refractivity contribution is 14.0. The fourth-order valence-electron chi connectivity index (χ4n) is 2.12. The summed E-state index contributed by atoms with van der Waals surface area (Å²) in [6, 6.07) is 12.1. The van der Waals surface area contributed by atoms with Crippen LogP contribution in [0, 0.1) is 0 Å². The second kappa shape index (κ2) is 13.2. The highest BCUT2D eigenvalue weighted by Crippen LogP contribution is 2.11. The number of rotatable bonds is 9. The van der Waals surface area contributed by atoms with Gasteiger partial charge in [0, 0.05) is 37.7 Å². The van der Waals surface area contributed by atoms with Crippen LogP contribution < -0.4 is 10.6 Å². The Morgan fingerprint density at radius 1 is 1.16 bits per heavy atom. The number of methoxy groups -OCH3 is 1. The summed E-state index contributed by atoms with van der Waals surface area (Å²) in [4.78, 5) is 4.65. The molecule has 0 spiro atoms. The average Bonchev–Trinajstić information content (AvgIpc) is 3.11. The van der Waals surface area contributed by atoms with Gasteiger partial charge in [-0.15, -0.1) is 24.0 Å². The normalized spacial score (nSPS) is 11.0. The molecule has 138 valence electrons. The van der Waals surface area contributed by atoms with Gasteiger partial charge in [0.1, 0.15) is 5.76 Å². The molecular weight excluding hydrogens is 497 g/mol. The van der Waals surface area contributed by atoms with E-state index in [1.54, 1.807) is 13.4 Å². The van der Waals surface area contributed by atoms with Gasteiger partial charge in [0.15, 0.2) is 5.96 Å². The van der Waals surface area contributed by atoms with Gasteiger partial charge >= 0.3 is 0 Å². The van der Waals surface area contributed by atoms with Gasteiger partial charge in [-0.2, -0.15) is 0 Å².